The van der Waals surface area contributed by atoms with E-state index in [2.05, 4.69) is 31.1 Å². The summed E-state index contributed by atoms with van der Waals surface area (Å²) in [7, 11) is 0. The Morgan fingerprint density at radius 3 is 2.65 bits per heavy atom. The van der Waals surface area contributed by atoms with Crippen LogP contribution in [0.15, 0.2) is 12.3 Å². The highest BCUT2D eigenvalue weighted by atomic mass is 19.1. The minimum Gasteiger partial charge on any atom is -0.474 e. The van der Waals surface area contributed by atoms with Crippen LogP contribution in [0.2, 0.25) is 0 Å². The summed E-state index contributed by atoms with van der Waals surface area (Å²) in [5.74, 6) is 0.266. The van der Waals surface area contributed by atoms with Gasteiger partial charge in [0.25, 0.3) is 0 Å². The number of nitrogens with one attached hydrogen (secondary N) is 1. The fourth-order valence-corrected chi connectivity index (χ4v) is 2.40. The molecule has 0 amide bonds. The smallest absolute Gasteiger partial charge is 0.218 e. The van der Waals surface area contributed by atoms with Gasteiger partial charge in [0, 0.05) is 17.6 Å². The lowest BCUT2D eigenvalue weighted by Gasteiger charge is -2.25. The van der Waals surface area contributed by atoms with Crippen molar-refractivity contribution in [2.45, 2.75) is 71.1 Å². The number of halogens is 1. The molecule has 112 valence electrons. The van der Waals surface area contributed by atoms with Crippen molar-refractivity contribution in [2.75, 3.05) is 0 Å². The number of nitrogens with zero attached hydrogens (tertiary/aromatic N) is 1. The van der Waals surface area contributed by atoms with E-state index in [0.717, 1.165) is 18.4 Å². The highest BCUT2D eigenvalue weighted by molar-refractivity contribution is 5.26. The molecular weight excluding hydrogens is 255 g/mol. The first-order valence-corrected chi connectivity index (χ1v) is 7.50. The molecule has 0 aromatic carbocycles. The molecule has 3 nitrogen and oxygen atoms in total. The Morgan fingerprint density at radius 1 is 1.30 bits per heavy atom. The molecule has 1 heterocycles. The summed E-state index contributed by atoms with van der Waals surface area (Å²) in [4.78, 5) is 4.14. The molecular formula is C16H25FN2O. The maximum Gasteiger partial charge on any atom is 0.218 e. The predicted molar refractivity (Wildman–Crippen MR) is 78.3 cm³/mol. The Labute approximate surface area is 120 Å². The summed E-state index contributed by atoms with van der Waals surface area (Å²) in [5, 5.41) is 3.36. The highest BCUT2D eigenvalue weighted by Gasteiger charge is 2.18. The lowest BCUT2D eigenvalue weighted by Crippen LogP contribution is -2.35. The number of hydrogen-bond acceptors (Lipinski definition) is 3. The molecule has 2 rings (SSSR count). The largest absolute Gasteiger partial charge is 0.474 e. The molecule has 0 radical (unpaired) electrons. The Hall–Kier alpha value is -1.16. The minimum absolute atomic E-state index is 0.0194. The Balaban J connectivity index is 2.06. The van der Waals surface area contributed by atoms with E-state index in [1.807, 2.05) is 0 Å². The van der Waals surface area contributed by atoms with Crippen LogP contribution < -0.4 is 10.1 Å². The molecule has 1 N–H and O–H groups in total. The van der Waals surface area contributed by atoms with Gasteiger partial charge in [0.1, 0.15) is 11.9 Å². The quantitative estimate of drug-likeness (QED) is 0.910. The fourth-order valence-electron chi connectivity index (χ4n) is 2.40. The van der Waals surface area contributed by atoms with Crippen molar-refractivity contribution in [3.8, 4) is 5.88 Å². The SMILES string of the molecule is CC(C)(C)NCc1cc(F)cnc1OC1CCCCC1. The Bertz CT molecular complexity index is 437. The zero-order chi connectivity index (χ0) is 14.6. The van der Waals surface area contributed by atoms with Gasteiger partial charge in [-0.05, 0) is 52.5 Å². The van der Waals surface area contributed by atoms with Crippen LogP contribution in [-0.2, 0) is 6.54 Å². The highest BCUT2D eigenvalue weighted by Crippen LogP contribution is 2.25. The van der Waals surface area contributed by atoms with Gasteiger partial charge in [-0.25, -0.2) is 9.37 Å². The van der Waals surface area contributed by atoms with E-state index < -0.39 is 0 Å². The molecule has 20 heavy (non-hydrogen) atoms. The molecule has 1 aromatic rings. The van der Waals surface area contributed by atoms with Gasteiger partial charge in [0.05, 0.1) is 6.20 Å². The monoisotopic (exact) mass is 280 g/mol. The second kappa shape index (κ2) is 6.53. The summed E-state index contributed by atoms with van der Waals surface area (Å²) in [6.07, 6.45) is 7.32. The van der Waals surface area contributed by atoms with Crippen LogP contribution in [0.3, 0.4) is 0 Å². The van der Waals surface area contributed by atoms with Gasteiger partial charge in [-0.3, -0.25) is 0 Å². The standard InChI is InChI=1S/C16H25FN2O/c1-16(2,3)19-10-12-9-13(17)11-18-15(12)20-14-7-5-4-6-8-14/h9,11,14,19H,4-8,10H2,1-3H3. The van der Waals surface area contributed by atoms with Crippen LogP contribution in [-0.4, -0.2) is 16.6 Å². The van der Waals surface area contributed by atoms with Gasteiger partial charge in [0.2, 0.25) is 5.88 Å². The van der Waals surface area contributed by atoms with Crippen LogP contribution in [0, 0.1) is 5.82 Å². The Kier molecular flexibility index (Phi) is 4.97. The maximum absolute atomic E-state index is 13.4. The molecule has 4 heteroatoms. The molecule has 1 fully saturated rings. The van der Waals surface area contributed by atoms with Crippen LogP contribution in [0.1, 0.15) is 58.4 Å². The predicted octanol–water partition coefficient (Wildman–Crippen LogP) is 3.82. The number of pyridine rings is 1. The van der Waals surface area contributed by atoms with Crippen molar-refractivity contribution in [1.29, 1.82) is 0 Å². The van der Waals surface area contributed by atoms with Gasteiger partial charge < -0.3 is 10.1 Å². The van der Waals surface area contributed by atoms with Crippen molar-refractivity contribution in [3.63, 3.8) is 0 Å². The van der Waals surface area contributed by atoms with Gasteiger partial charge >= 0.3 is 0 Å². The van der Waals surface area contributed by atoms with E-state index in [1.165, 1.54) is 31.5 Å². The van der Waals surface area contributed by atoms with Crippen molar-refractivity contribution >= 4 is 0 Å². The average molecular weight is 280 g/mol. The summed E-state index contributed by atoms with van der Waals surface area (Å²) in [6, 6.07) is 1.52. The van der Waals surface area contributed by atoms with E-state index in [-0.39, 0.29) is 17.5 Å². The minimum atomic E-state index is -0.313. The van der Waals surface area contributed by atoms with Crippen molar-refractivity contribution in [2.24, 2.45) is 0 Å². The van der Waals surface area contributed by atoms with Crippen LogP contribution in [0.5, 0.6) is 5.88 Å². The molecule has 0 bridgehead atoms. The van der Waals surface area contributed by atoms with Crippen molar-refractivity contribution < 1.29 is 9.13 Å². The molecule has 0 aliphatic heterocycles. The van der Waals surface area contributed by atoms with E-state index in [9.17, 15) is 4.39 Å². The van der Waals surface area contributed by atoms with Gasteiger partial charge in [0.15, 0.2) is 0 Å². The van der Waals surface area contributed by atoms with E-state index in [0.29, 0.717) is 12.4 Å². The first-order valence-electron chi connectivity index (χ1n) is 7.50. The first kappa shape index (κ1) is 15.2. The van der Waals surface area contributed by atoms with Crippen LogP contribution >= 0.6 is 0 Å². The van der Waals surface area contributed by atoms with Crippen molar-refractivity contribution in [1.82, 2.24) is 10.3 Å². The number of ether oxygens (including phenoxy) is 1. The zero-order valence-electron chi connectivity index (χ0n) is 12.7. The third-order valence-corrected chi connectivity index (χ3v) is 3.53. The third-order valence-electron chi connectivity index (χ3n) is 3.53. The van der Waals surface area contributed by atoms with E-state index >= 15 is 0 Å². The topological polar surface area (TPSA) is 34.2 Å². The molecule has 0 spiro atoms. The van der Waals surface area contributed by atoms with E-state index in [4.69, 9.17) is 4.74 Å². The lowest BCUT2D eigenvalue weighted by molar-refractivity contribution is 0.146. The maximum atomic E-state index is 13.4. The summed E-state index contributed by atoms with van der Waals surface area (Å²) in [5.41, 5.74) is 0.777. The molecule has 0 unspecified atom stereocenters. The number of rotatable bonds is 4. The Morgan fingerprint density at radius 2 is 2.00 bits per heavy atom. The number of hydrogen-bond donors (Lipinski definition) is 1. The fraction of sp³-hybridized carbons (Fsp3) is 0.688. The van der Waals surface area contributed by atoms with Crippen LogP contribution in [0.25, 0.3) is 0 Å². The molecule has 1 aliphatic carbocycles. The third kappa shape index (κ3) is 4.75. The summed E-state index contributed by atoms with van der Waals surface area (Å²) >= 11 is 0. The van der Waals surface area contributed by atoms with Crippen molar-refractivity contribution in [3.05, 3.63) is 23.6 Å². The molecule has 0 saturated heterocycles. The molecule has 1 aliphatic rings. The average Bonchev–Trinajstić information content (AvgIpc) is 2.39. The normalized spacial score (nSPS) is 17.2. The molecule has 0 atom stereocenters. The van der Waals surface area contributed by atoms with Gasteiger partial charge in [-0.1, -0.05) is 6.42 Å². The van der Waals surface area contributed by atoms with Gasteiger partial charge in [-0.15, -0.1) is 0 Å². The molecule has 1 saturated carbocycles. The number of aromatic nitrogens is 1. The van der Waals surface area contributed by atoms with Gasteiger partial charge in [-0.2, -0.15) is 0 Å². The second-order valence-corrected chi connectivity index (χ2v) is 6.60. The van der Waals surface area contributed by atoms with Crippen LogP contribution in [0.4, 0.5) is 4.39 Å². The first-order chi connectivity index (χ1) is 9.44. The van der Waals surface area contributed by atoms with E-state index in [1.54, 1.807) is 0 Å². The summed E-state index contributed by atoms with van der Waals surface area (Å²) in [6.45, 7) is 6.82. The molecule has 1 aromatic heterocycles. The lowest BCUT2D eigenvalue weighted by atomic mass is 9.98. The second-order valence-electron chi connectivity index (χ2n) is 6.60. The summed E-state index contributed by atoms with van der Waals surface area (Å²) < 4.78 is 19.4. The zero-order valence-corrected chi connectivity index (χ0v) is 12.7.